The third-order valence-electron chi connectivity index (χ3n) is 4.12. The van der Waals surface area contributed by atoms with E-state index in [9.17, 15) is 9.18 Å². The fourth-order valence-corrected chi connectivity index (χ4v) is 2.86. The van der Waals surface area contributed by atoms with E-state index in [4.69, 9.17) is 0 Å². The van der Waals surface area contributed by atoms with Crippen LogP contribution in [0.3, 0.4) is 0 Å². The fraction of sp³-hybridized carbons (Fsp3) is 0.562. The molecule has 0 aliphatic heterocycles. The van der Waals surface area contributed by atoms with Crippen LogP contribution in [0.4, 0.5) is 10.1 Å². The first kappa shape index (κ1) is 15.0. The molecule has 1 aliphatic rings. The molecule has 1 saturated carbocycles. The van der Waals surface area contributed by atoms with Crippen LogP contribution in [0, 0.1) is 11.2 Å². The van der Waals surface area contributed by atoms with Gasteiger partial charge in [-0.05, 0) is 36.5 Å². The molecule has 1 atom stereocenters. The molecule has 4 heteroatoms. The van der Waals surface area contributed by atoms with Crippen LogP contribution in [0.15, 0.2) is 24.3 Å². The normalized spacial score (nSPS) is 21.4. The number of amides is 1. The summed E-state index contributed by atoms with van der Waals surface area (Å²) in [5.41, 5.74) is 0.733. The van der Waals surface area contributed by atoms with Gasteiger partial charge in [0.2, 0.25) is 5.91 Å². The molecule has 20 heavy (non-hydrogen) atoms. The lowest BCUT2D eigenvalue weighted by Gasteiger charge is -2.39. The second-order valence-electron chi connectivity index (χ2n) is 6.23. The molecule has 2 N–H and O–H groups in total. The van der Waals surface area contributed by atoms with Gasteiger partial charge in [0.25, 0.3) is 0 Å². The minimum atomic E-state index is -0.343. The number of benzene rings is 1. The van der Waals surface area contributed by atoms with Gasteiger partial charge in [-0.3, -0.25) is 4.79 Å². The Kier molecular flexibility index (Phi) is 4.76. The van der Waals surface area contributed by atoms with Crippen LogP contribution in [0.2, 0.25) is 0 Å². The van der Waals surface area contributed by atoms with Crippen molar-refractivity contribution in [1.82, 2.24) is 5.32 Å². The Morgan fingerprint density at radius 2 is 2.20 bits per heavy atom. The molecule has 0 radical (unpaired) electrons. The van der Waals surface area contributed by atoms with Crippen LogP contribution >= 0.6 is 0 Å². The molecule has 0 saturated heterocycles. The van der Waals surface area contributed by atoms with Crippen LogP contribution in [0.25, 0.3) is 0 Å². The summed E-state index contributed by atoms with van der Waals surface area (Å²) in [7, 11) is 0. The SMILES string of the molecule is CC1(C)CCCCC1NCC(=O)Nc1cccc(F)c1. The Labute approximate surface area is 120 Å². The first-order valence-electron chi connectivity index (χ1n) is 7.26. The van der Waals surface area contributed by atoms with E-state index in [1.54, 1.807) is 12.1 Å². The average Bonchev–Trinajstić information content (AvgIpc) is 2.37. The van der Waals surface area contributed by atoms with E-state index in [0.29, 0.717) is 11.7 Å². The maximum atomic E-state index is 13.0. The predicted molar refractivity (Wildman–Crippen MR) is 79.1 cm³/mol. The molecule has 1 unspecified atom stereocenters. The van der Waals surface area contributed by atoms with Crippen molar-refractivity contribution in [2.75, 3.05) is 11.9 Å². The molecular formula is C16H23FN2O. The molecule has 1 aliphatic carbocycles. The number of hydrogen-bond donors (Lipinski definition) is 2. The minimum absolute atomic E-state index is 0.128. The molecule has 1 amide bonds. The molecule has 1 fully saturated rings. The molecule has 0 aromatic heterocycles. The van der Waals surface area contributed by atoms with Gasteiger partial charge in [0, 0.05) is 11.7 Å². The number of rotatable bonds is 4. The van der Waals surface area contributed by atoms with Gasteiger partial charge in [0.15, 0.2) is 0 Å². The highest BCUT2D eigenvalue weighted by molar-refractivity contribution is 5.92. The van der Waals surface area contributed by atoms with Crippen molar-refractivity contribution >= 4 is 11.6 Å². The lowest BCUT2D eigenvalue weighted by molar-refractivity contribution is -0.115. The highest BCUT2D eigenvalue weighted by Gasteiger charge is 2.31. The summed E-state index contributed by atoms with van der Waals surface area (Å²) in [6.07, 6.45) is 4.78. The smallest absolute Gasteiger partial charge is 0.238 e. The molecule has 110 valence electrons. The van der Waals surface area contributed by atoms with Gasteiger partial charge in [-0.2, -0.15) is 0 Å². The average molecular weight is 278 g/mol. The fourth-order valence-electron chi connectivity index (χ4n) is 2.86. The van der Waals surface area contributed by atoms with E-state index in [1.807, 2.05) is 0 Å². The molecule has 0 spiro atoms. The highest BCUT2D eigenvalue weighted by atomic mass is 19.1. The zero-order valence-corrected chi connectivity index (χ0v) is 12.2. The van der Waals surface area contributed by atoms with Crippen molar-refractivity contribution in [3.8, 4) is 0 Å². The van der Waals surface area contributed by atoms with Crippen molar-refractivity contribution in [3.63, 3.8) is 0 Å². The summed E-state index contributed by atoms with van der Waals surface area (Å²) in [6.45, 7) is 4.76. The molecule has 3 nitrogen and oxygen atoms in total. The van der Waals surface area contributed by atoms with E-state index < -0.39 is 0 Å². The highest BCUT2D eigenvalue weighted by Crippen LogP contribution is 2.35. The monoisotopic (exact) mass is 278 g/mol. The Hall–Kier alpha value is -1.42. The van der Waals surface area contributed by atoms with Gasteiger partial charge in [-0.15, -0.1) is 0 Å². The topological polar surface area (TPSA) is 41.1 Å². The van der Waals surface area contributed by atoms with Gasteiger partial charge >= 0.3 is 0 Å². The van der Waals surface area contributed by atoms with E-state index in [1.165, 1.54) is 31.4 Å². The van der Waals surface area contributed by atoms with Crippen LogP contribution in [-0.4, -0.2) is 18.5 Å². The van der Waals surface area contributed by atoms with Crippen molar-refractivity contribution < 1.29 is 9.18 Å². The van der Waals surface area contributed by atoms with Gasteiger partial charge in [0.05, 0.1) is 6.54 Å². The number of anilines is 1. The summed E-state index contributed by atoms with van der Waals surface area (Å²) < 4.78 is 13.0. The zero-order chi connectivity index (χ0) is 14.6. The maximum Gasteiger partial charge on any atom is 0.238 e. The molecule has 2 rings (SSSR count). The first-order chi connectivity index (χ1) is 9.47. The second kappa shape index (κ2) is 6.35. The Morgan fingerprint density at radius 3 is 2.90 bits per heavy atom. The predicted octanol–water partition coefficient (Wildman–Crippen LogP) is 3.32. The van der Waals surface area contributed by atoms with Crippen LogP contribution in [0.5, 0.6) is 0 Å². The van der Waals surface area contributed by atoms with Crippen LogP contribution in [-0.2, 0) is 4.79 Å². The Morgan fingerprint density at radius 1 is 1.40 bits per heavy atom. The zero-order valence-electron chi connectivity index (χ0n) is 12.2. The lowest BCUT2D eigenvalue weighted by Crippen LogP contribution is -2.46. The first-order valence-corrected chi connectivity index (χ1v) is 7.26. The molecule has 1 aromatic rings. The largest absolute Gasteiger partial charge is 0.325 e. The number of carbonyl (C=O) groups excluding carboxylic acids is 1. The van der Waals surface area contributed by atoms with Crippen molar-refractivity contribution in [1.29, 1.82) is 0 Å². The standard InChI is InChI=1S/C16H23FN2O/c1-16(2)9-4-3-8-14(16)18-11-15(20)19-13-7-5-6-12(17)10-13/h5-7,10,14,18H,3-4,8-9,11H2,1-2H3,(H,19,20). The van der Waals surface area contributed by atoms with E-state index >= 15 is 0 Å². The maximum absolute atomic E-state index is 13.0. The van der Waals surface area contributed by atoms with Crippen LogP contribution < -0.4 is 10.6 Å². The Balaban J connectivity index is 1.83. The summed E-state index contributed by atoms with van der Waals surface area (Å²) in [6, 6.07) is 6.32. The second-order valence-corrected chi connectivity index (χ2v) is 6.23. The van der Waals surface area contributed by atoms with Gasteiger partial charge in [-0.25, -0.2) is 4.39 Å². The third-order valence-corrected chi connectivity index (χ3v) is 4.12. The Bertz CT molecular complexity index is 473. The third kappa shape index (κ3) is 4.04. The quantitative estimate of drug-likeness (QED) is 0.887. The van der Waals surface area contributed by atoms with Crippen molar-refractivity contribution in [2.24, 2.45) is 5.41 Å². The molecular weight excluding hydrogens is 255 g/mol. The molecule has 0 bridgehead atoms. The van der Waals surface area contributed by atoms with Gasteiger partial charge < -0.3 is 10.6 Å². The summed E-state index contributed by atoms with van der Waals surface area (Å²) in [5, 5.41) is 6.05. The van der Waals surface area contributed by atoms with E-state index in [2.05, 4.69) is 24.5 Å². The van der Waals surface area contributed by atoms with E-state index in [0.717, 1.165) is 6.42 Å². The minimum Gasteiger partial charge on any atom is -0.325 e. The summed E-state index contributed by atoms with van der Waals surface area (Å²) in [4.78, 5) is 11.9. The lowest BCUT2D eigenvalue weighted by atomic mass is 9.73. The van der Waals surface area contributed by atoms with Crippen molar-refractivity contribution in [2.45, 2.75) is 45.6 Å². The number of halogens is 1. The summed E-state index contributed by atoms with van der Waals surface area (Å²) in [5.74, 6) is -0.471. The number of carbonyl (C=O) groups is 1. The van der Waals surface area contributed by atoms with E-state index in [-0.39, 0.29) is 23.7 Å². The summed E-state index contributed by atoms with van der Waals surface area (Å²) >= 11 is 0. The molecule has 0 heterocycles. The molecule has 1 aromatic carbocycles. The van der Waals surface area contributed by atoms with Gasteiger partial charge in [0.1, 0.15) is 5.82 Å². The van der Waals surface area contributed by atoms with Crippen molar-refractivity contribution in [3.05, 3.63) is 30.1 Å². The number of hydrogen-bond acceptors (Lipinski definition) is 2. The van der Waals surface area contributed by atoms with Crippen LogP contribution in [0.1, 0.15) is 39.5 Å². The van der Waals surface area contributed by atoms with Gasteiger partial charge in [-0.1, -0.05) is 32.8 Å². The number of nitrogens with one attached hydrogen (secondary N) is 2.